The van der Waals surface area contributed by atoms with Crippen molar-refractivity contribution in [1.82, 2.24) is 9.55 Å². The molecule has 0 saturated carbocycles. The van der Waals surface area contributed by atoms with Crippen LogP contribution in [-0.2, 0) is 6.54 Å². The lowest BCUT2D eigenvalue weighted by Crippen LogP contribution is -2.20. The third-order valence-electron chi connectivity index (χ3n) is 3.92. The molecule has 114 valence electrons. The summed E-state index contributed by atoms with van der Waals surface area (Å²) >= 11 is 1.60. The average Bonchev–Trinajstić information content (AvgIpc) is 2.87. The van der Waals surface area contributed by atoms with Crippen LogP contribution < -0.4 is 5.56 Å². The van der Waals surface area contributed by atoms with Gasteiger partial charge in [0, 0.05) is 17.0 Å². The van der Waals surface area contributed by atoms with Crippen molar-refractivity contribution >= 4 is 21.6 Å². The molecule has 0 unspecified atom stereocenters. The summed E-state index contributed by atoms with van der Waals surface area (Å²) in [7, 11) is 0. The van der Waals surface area contributed by atoms with Gasteiger partial charge >= 0.3 is 0 Å². The molecule has 0 fully saturated rings. The van der Waals surface area contributed by atoms with E-state index in [-0.39, 0.29) is 5.56 Å². The van der Waals surface area contributed by atoms with E-state index in [4.69, 9.17) is 0 Å². The maximum atomic E-state index is 12.9. The van der Waals surface area contributed by atoms with Crippen molar-refractivity contribution in [3.8, 4) is 11.1 Å². The highest BCUT2D eigenvalue weighted by Crippen LogP contribution is 2.35. The Balaban J connectivity index is 2.14. The van der Waals surface area contributed by atoms with Gasteiger partial charge < -0.3 is 0 Å². The summed E-state index contributed by atoms with van der Waals surface area (Å²) in [6.07, 6.45) is 5.01. The van der Waals surface area contributed by atoms with Crippen LogP contribution >= 0.6 is 11.3 Å². The second kappa shape index (κ2) is 6.44. The number of aromatic nitrogens is 2. The van der Waals surface area contributed by atoms with Gasteiger partial charge in [-0.2, -0.15) is 0 Å². The van der Waals surface area contributed by atoms with Gasteiger partial charge in [0.15, 0.2) is 0 Å². The Hall–Kier alpha value is -1.94. The molecule has 3 aromatic rings. The first-order valence-electron chi connectivity index (χ1n) is 7.76. The standard InChI is InChI=1S/C18H20N2OS/c1-3-4-8-11-20-12-19-17-16(18(20)21)15(13(2)22-17)14-9-6-5-7-10-14/h5-7,9-10,12H,3-4,8,11H2,1-2H3. The molecule has 0 radical (unpaired) electrons. The third-order valence-corrected chi connectivity index (χ3v) is 4.93. The van der Waals surface area contributed by atoms with Gasteiger partial charge in [0.2, 0.25) is 0 Å². The van der Waals surface area contributed by atoms with Gasteiger partial charge in [-0.05, 0) is 18.9 Å². The fraction of sp³-hybridized carbons (Fsp3) is 0.333. The van der Waals surface area contributed by atoms with Gasteiger partial charge in [-0.15, -0.1) is 11.3 Å². The van der Waals surface area contributed by atoms with Gasteiger partial charge in [-0.1, -0.05) is 50.1 Å². The van der Waals surface area contributed by atoms with Crippen LogP contribution in [0.2, 0.25) is 0 Å². The monoisotopic (exact) mass is 312 g/mol. The number of rotatable bonds is 5. The minimum atomic E-state index is 0.0873. The molecular weight excluding hydrogens is 292 g/mol. The normalized spacial score (nSPS) is 11.2. The molecule has 22 heavy (non-hydrogen) atoms. The minimum absolute atomic E-state index is 0.0873. The first-order valence-corrected chi connectivity index (χ1v) is 8.58. The Morgan fingerprint density at radius 2 is 1.95 bits per heavy atom. The molecule has 0 spiro atoms. The predicted octanol–water partition coefficient (Wildman–Crippen LogP) is 4.62. The summed E-state index contributed by atoms with van der Waals surface area (Å²) < 4.78 is 1.76. The van der Waals surface area contributed by atoms with Crippen molar-refractivity contribution in [3.05, 3.63) is 51.9 Å². The number of nitrogens with zero attached hydrogens (tertiary/aromatic N) is 2. The largest absolute Gasteiger partial charge is 0.299 e. The predicted molar refractivity (Wildman–Crippen MR) is 93.6 cm³/mol. The van der Waals surface area contributed by atoms with Crippen molar-refractivity contribution in [2.24, 2.45) is 0 Å². The molecule has 0 aliphatic carbocycles. The lowest BCUT2D eigenvalue weighted by Gasteiger charge is -2.06. The summed E-state index contributed by atoms with van der Waals surface area (Å²) in [6, 6.07) is 10.1. The van der Waals surface area contributed by atoms with Crippen LogP contribution in [0.1, 0.15) is 31.1 Å². The van der Waals surface area contributed by atoms with Crippen LogP contribution in [0.4, 0.5) is 0 Å². The van der Waals surface area contributed by atoms with Crippen molar-refractivity contribution in [3.63, 3.8) is 0 Å². The number of aryl methyl sites for hydroxylation is 2. The molecule has 1 aromatic carbocycles. The highest BCUT2D eigenvalue weighted by atomic mass is 32.1. The fourth-order valence-corrected chi connectivity index (χ4v) is 3.78. The molecule has 4 heteroatoms. The minimum Gasteiger partial charge on any atom is -0.299 e. The molecule has 0 aliphatic heterocycles. The number of hydrogen-bond acceptors (Lipinski definition) is 3. The zero-order chi connectivity index (χ0) is 15.5. The number of thiophene rings is 1. The molecule has 0 N–H and O–H groups in total. The summed E-state index contributed by atoms with van der Waals surface area (Å²) in [6.45, 7) is 4.98. The number of benzene rings is 1. The van der Waals surface area contributed by atoms with Crippen molar-refractivity contribution in [2.75, 3.05) is 0 Å². The lowest BCUT2D eigenvalue weighted by molar-refractivity contribution is 0.584. The number of hydrogen-bond donors (Lipinski definition) is 0. The quantitative estimate of drug-likeness (QED) is 0.644. The molecule has 0 bridgehead atoms. The molecule has 0 amide bonds. The Morgan fingerprint density at radius 3 is 2.68 bits per heavy atom. The van der Waals surface area contributed by atoms with E-state index in [2.05, 4.69) is 31.0 Å². The first kappa shape index (κ1) is 15.0. The molecule has 0 aliphatic rings. The average molecular weight is 312 g/mol. The van der Waals surface area contributed by atoms with E-state index in [9.17, 15) is 4.79 Å². The molecule has 0 saturated heterocycles. The molecule has 2 heterocycles. The number of fused-ring (bicyclic) bond motifs is 1. The van der Waals surface area contributed by atoms with Gasteiger partial charge in [-0.25, -0.2) is 4.98 Å². The van der Waals surface area contributed by atoms with Crippen LogP contribution in [0.25, 0.3) is 21.3 Å². The Morgan fingerprint density at radius 1 is 1.18 bits per heavy atom. The van der Waals surface area contributed by atoms with Crippen molar-refractivity contribution in [2.45, 2.75) is 39.7 Å². The fourth-order valence-electron chi connectivity index (χ4n) is 2.78. The van der Waals surface area contributed by atoms with Crippen LogP contribution in [0.3, 0.4) is 0 Å². The SMILES string of the molecule is CCCCCn1cnc2sc(C)c(-c3ccccc3)c2c1=O. The van der Waals surface area contributed by atoms with E-state index in [0.717, 1.165) is 52.0 Å². The summed E-state index contributed by atoms with van der Waals surface area (Å²) in [5.74, 6) is 0. The highest BCUT2D eigenvalue weighted by molar-refractivity contribution is 7.19. The van der Waals surface area contributed by atoms with E-state index < -0.39 is 0 Å². The van der Waals surface area contributed by atoms with Crippen LogP contribution in [-0.4, -0.2) is 9.55 Å². The summed E-state index contributed by atoms with van der Waals surface area (Å²) in [4.78, 5) is 19.4. The van der Waals surface area contributed by atoms with Gasteiger partial charge in [0.1, 0.15) is 4.83 Å². The van der Waals surface area contributed by atoms with Gasteiger partial charge in [0.05, 0.1) is 11.7 Å². The van der Waals surface area contributed by atoms with Crippen molar-refractivity contribution < 1.29 is 0 Å². The molecule has 2 aromatic heterocycles. The van der Waals surface area contributed by atoms with E-state index in [1.54, 1.807) is 22.2 Å². The van der Waals surface area contributed by atoms with Crippen molar-refractivity contribution in [1.29, 1.82) is 0 Å². The Kier molecular flexibility index (Phi) is 4.39. The van der Waals surface area contributed by atoms with Crippen LogP contribution in [0.5, 0.6) is 0 Å². The van der Waals surface area contributed by atoms with E-state index in [1.807, 2.05) is 18.2 Å². The molecule has 3 nitrogen and oxygen atoms in total. The Labute approximate surface area is 134 Å². The smallest absolute Gasteiger partial charge is 0.262 e. The highest BCUT2D eigenvalue weighted by Gasteiger charge is 2.16. The topological polar surface area (TPSA) is 34.9 Å². The molecule has 3 rings (SSSR count). The maximum Gasteiger partial charge on any atom is 0.262 e. The van der Waals surface area contributed by atoms with E-state index in [1.165, 1.54) is 0 Å². The molecular formula is C18H20N2OS. The second-order valence-electron chi connectivity index (χ2n) is 5.53. The lowest BCUT2D eigenvalue weighted by atomic mass is 10.0. The summed E-state index contributed by atoms with van der Waals surface area (Å²) in [5.41, 5.74) is 2.23. The zero-order valence-electron chi connectivity index (χ0n) is 13.0. The summed E-state index contributed by atoms with van der Waals surface area (Å²) in [5, 5.41) is 0.771. The first-order chi connectivity index (χ1) is 10.7. The molecule has 0 atom stereocenters. The van der Waals surface area contributed by atoms with E-state index >= 15 is 0 Å². The van der Waals surface area contributed by atoms with Crippen LogP contribution in [0, 0.1) is 6.92 Å². The van der Waals surface area contributed by atoms with Crippen LogP contribution in [0.15, 0.2) is 41.5 Å². The Bertz CT molecular complexity index is 833. The maximum absolute atomic E-state index is 12.9. The van der Waals surface area contributed by atoms with Gasteiger partial charge in [-0.3, -0.25) is 9.36 Å². The third kappa shape index (κ3) is 2.71. The second-order valence-corrected chi connectivity index (χ2v) is 6.73. The number of unbranched alkanes of at least 4 members (excludes halogenated alkanes) is 2. The zero-order valence-corrected chi connectivity index (χ0v) is 13.8. The van der Waals surface area contributed by atoms with Gasteiger partial charge in [0.25, 0.3) is 5.56 Å². The van der Waals surface area contributed by atoms with E-state index in [0.29, 0.717) is 0 Å².